The van der Waals surface area contributed by atoms with E-state index in [1.165, 1.54) is 38.9 Å². The van der Waals surface area contributed by atoms with Crippen molar-refractivity contribution in [2.45, 2.75) is 0 Å². The molecule has 0 bridgehead atoms. The SMILES string of the molecule is C(=Cc1cccc(N(c2ccc(-c3ccc(-c4ccccc4)cc3)cc2)c2cccc(-c3ccccc3)c2)c1)c1ccccc1. The Morgan fingerprint density at radius 1 is 0.267 bits per heavy atom. The Balaban J connectivity index is 1.25. The van der Waals surface area contributed by atoms with Crippen molar-refractivity contribution < 1.29 is 0 Å². The van der Waals surface area contributed by atoms with Crippen LogP contribution in [0.15, 0.2) is 188 Å². The number of benzene rings is 7. The molecule has 0 radical (unpaired) electrons. The van der Waals surface area contributed by atoms with Crippen LogP contribution in [0.25, 0.3) is 45.5 Å². The van der Waals surface area contributed by atoms with Gasteiger partial charge >= 0.3 is 0 Å². The van der Waals surface area contributed by atoms with Gasteiger partial charge in [-0.05, 0) is 80.9 Å². The summed E-state index contributed by atoms with van der Waals surface area (Å²) in [4.78, 5) is 2.34. The summed E-state index contributed by atoms with van der Waals surface area (Å²) in [6.07, 6.45) is 4.34. The van der Waals surface area contributed by atoms with Crippen molar-refractivity contribution in [2.75, 3.05) is 4.90 Å². The summed E-state index contributed by atoms with van der Waals surface area (Å²) in [5, 5.41) is 0. The Hall–Kier alpha value is -5.92. The van der Waals surface area contributed by atoms with E-state index in [1.54, 1.807) is 0 Å². The van der Waals surface area contributed by atoms with Gasteiger partial charge in [-0.3, -0.25) is 0 Å². The normalized spacial score (nSPS) is 11.0. The molecular weight excluding hydrogens is 542 g/mol. The van der Waals surface area contributed by atoms with Gasteiger partial charge in [0.05, 0.1) is 0 Å². The zero-order valence-corrected chi connectivity index (χ0v) is 25.0. The average molecular weight is 576 g/mol. The minimum Gasteiger partial charge on any atom is -0.310 e. The zero-order valence-electron chi connectivity index (χ0n) is 25.0. The number of nitrogens with zero attached hydrogens (tertiary/aromatic N) is 1. The van der Waals surface area contributed by atoms with Gasteiger partial charge in [-0.1, -0.05) is 164 Å². The van der Waals surface area contributed by atoms with Crippen molar-refractivity contribution in [2.24, 2.45) is 0 Å². The van der Waals surface area contributed by atoms with Crippen LogP contribution in [-0.4, -0.2) is 0 Å². The molecule has 0 unspecified atom stereocenters. The van der Waals surface area contributed by atoms with Gasteiger partial charge in [0.2, 0.25) is 0 Å². The molecule has 0 aliphatic heterocycles. The maximum atomic E-state index is 2.34. The Morgan fingerprint density at radius 2 is 0.667 bits per heavy atom. The van der Waals surface area contributed by atoms with Crippen LogP contribution in [0.2, 0.25) is 0 Å². The zero-order chi connectivity index (χ0) is 30.3. The first kappa shape index (κ1) is 27.9. The molecule has 0 N–H and O–H groups in total. The predicted molar refractivity (Wildman–Crippen MR) is 193 cm³/mol. The smallest absolute Gasteiger partial charge is 0.0467 e. The van der Waals surface area contributed by atoms with Crippen LogP contribution in [0.3, 0.4) is 0 Å². The average Bonchev–Trinajstić information content (AvgIpc) is 3.13. The molecule has 7 aromatic carbocycles. The molecule has 0 aliphatic carbocycles. The molecule has 0 atom stereocenters. The molecule has 45 heavy (non-hydrogen) atoms. The van der Waals surface area contributed by atoms with Crippen molar-refractivity contribution in [1.82, 2.24) is 0 Å². The largest absolute Gasteiger partial charge is 0.310 e. The molecule has 7 rings (SSSR count). The second-order valence-corrected chi connectivity index (χ2v) is 11.1. The van der Waals surface area contributed by atoms with E-state index in [0.29, 0.717) is 0 Å². The summed E-state index contributed by atoms with van der Waals surface area (Å²) >= 11 is 0. The molecule has 214 valence electrons. The van der Waals surface area contributed by atoms with Gasteiger partial charge in [0.1, 0.15) is 0 Å². The Bertz CT molecular complexity index is 2010. The van der Waals surface area contributed by atoms with Crippen LogP contribution >= 0.6 is 0 Å². The number of hydrogen-bond acceptors (Lipinski definition) is 1. The minimum absolute atomic E-state index is 1.11. The number of anilines is 3. The maximum Gasteiger partial charge on any atom is 0.0467 e. The monoisotopic (exact) mass is 575 g/mol. The lowest BCUT2D eigenvalue weighted by molar-refractivity contribution is 1.28. The van der Waals surface area contributed by atoms with Gasteiger partial charge < -0.3 is 4.90 Å². The fraction of sp³-hybridized carbons (Fsp3) is 0. The van der Waals surface area contributed by atoms with Gasteiger partial charge in [-0.25, -0.2) is 0 Å². The fourth-order valence-corrected chi connectivity index (χ4v) is 5.72. The van der Waals surface area contributed by atoms with E-state index in [1.807, 2.05) is 6.07 Å². The van der Waals surface area contributed by atoms with Gasteiger partial charge in [-0.2, -0.15) is 0 Å². The fourth-order valence-electron chi connectivity index (χ4n) is 5.72. The summed E-state index contributed by atoms with van der Waals surface area (Å²) in [5.74, 6) is 0. The summed E-state index contributed by atoms with van der Waals surface area (Å²) in [6, 6.07) is 66.8. The highest BCUT2D eigenvalue weighted by molar-refractivity contribution is 5.83. The molecule has 0 aliphatic rings. The first-order chi connectivity index (χ1) is 22.3. The molecule has 0 aromatic heterocycles. The third kappa shape index (κ3) is 6.54. The molecule has 1 nitrogen and oxygen atoms in total. The van der Waals surface area contributed by atoms with Crippen molar-refractivity contribution in [3.8, 4) is 33.4 Å². The third-order valence-corrected chi connectivity index (χ3v) is 8.06. The van der Waals surface area contributed by atoms with Crippen LogP contribution < -0.4 is 4.90 Å². The second-order valence-electron chi connectivity index (χ2n) is 11.1. The van der Waals surface area contributed by atoms with E-state index < -0.39 is 0 Å². The van der Waals surface area contributed by atoms with E-state index >= 15 is 0 Å². The highest BCUT2D eigenvalue weighted by Crippen LogP contribution is 2.38. The van der Waals surface area contributed by atoms with Gasteiger partial charge in [-0.15, -0.1) is 0 Å². The molecule has 0 spiro atoms. The molecular formula is C44H33N. The molecule has 0 amide bonds. The van der Waals surface area contributed by atoms with Crippen molar-refractivity contribution in [1.29, 1.82) is 0 Å². The van der Waals surface area contributed by atoms with E-state index in [0.717, 1.165) is 22.6 Å². The van der Waals surface area contributed by atoms with Crippen molar-refractivity contribution >= 4 is 29.2 Å². The first-order valence-corrected chi connectivity index (χ1v) is 15.3. The van der Waals surface area contributed by atoms with Crippen LogP contribution in [0.1, 0.15) is 11.1 Å². The molecule has 7 aromatic rings. The van der Waals surface area contributed by atoms with Crippen LogP contribution in [-0.2, 0) is 0 Å². The lowest BCUT2D eigenvalue weighted by Gasteiger charge is -2.26. The topological polar surface area (TPSA) is 3.24 Å². The van der Waals surface area contributed by atoms with E-state index in [9.17, 15) is 0 Å². The highest BCUT2D eigenvalue weighted by Gasteiger charge is 2.14. The quantitative estimate of drug-likeness (QED) is 0.163. The van der Waals surface area contributed by atoms with Gasteiger partial charge in [0.25, 0.3) is 0 Å². The van der Waals surface area contributed by atoms with Crippen molar-refractivity contribution in [3.63, 3.8) is 0 Å². The summed E-state index contributed by atoms with van der Waals surface area (Å²) in [7, 11) is 0. The lowest BCUT2D eigenvalue weighted by atomic mass is 10.00. The van der Waals surface area contributed by atoms with Crippen LogP contribution in [0.4, 0.5) is 17.1 Å². The minimum atomic E-state index is 1.11. The Kier molecular flexibility index (Phi) is 8.15. The number of hydrogen-bond donors (Lipinski definition) is 0. The van der Waals surface area contributed by atoms with Gasteiger partial charge in [0, 0.05) is 17.1 Å². The highest BCUT2D eigenvalue weighted by atomic mass is 15.1. The van der Waals surface area contributed by atoms with Crippen molar-refractivity contribution in [3.05, 3.63) is 199 Å². The molecule has 1 heteroatoms. The summed E-state index contributed by atoms with van der Waals surface area (Å²) in [5.41, 5.74) is 12.9. The lowest BCUT2D eigenvalue weighted by Crippen LogP contribution is -2.10. The second kappa shape index (κ2) is 13.2. The third-order valence-electron chi connectivity index (χ3n) is 8.06. The van der Waals surface area contributed by atoms with E-state index in [-0.39, 0.29) is 0 Å². The maximum absolute atomic E-state index is 2.34. The van der Waals surface area contributed by atoms with E-state index in [2.05, 4.69) is 199 Å². The molecule has 0 saturated heterocycles. The first-order valence-electron chi connectivity index (χ1n) is 15.3. The summed E-state index contributed by atoms with van der Waals surface area (Å²) in [6.45, 7) is 0. The van der Waals surface area contributed by atoms with E-state index in [4.69, 9.17) is 0 Å². The molecule has 0 heterocycles. The summed E-state index contributed by atoms with van der Waals surface area (Å²) < 4.78 is 0. The molecule has 0 saturated carbocycles. The Morgan fingerprint density at radius 3 is 1.27 bits per heavy atom. The number of rotatable bonds is 8. The Labute approximate surface area is 266 Å². The predicted octanol–water partition coefficient (Wildman–Crippen LogP) is 12.3. The standard InChI is InChI=1S/C44H33N/c1-4-12-34(13-5-1)22-23-35-14-10-20-43(32-35)45(44-21-11-19-41(33-44)37-17-8-3-9-18-37)42-30-28-40(29-31-42)39-26-24-38(25-27-39)36-15-6-2-7-16-36/h1-33H. The van der Waals surface area contributed by atoms with Crippen LogP contribution in [0, 0.1) is 0 Å². The van der Waals surface area contributed by atoms with Gasteiger partial charge in [0.15, 0.2) is 0 Å². The molecule has 0 fully saturated rings. The van der Waals surface area contributed by atoms with Crippen LogP contribution in [0.5, 0.6) is 0 Å².